The number of benzene rings is 6. The molecule has 0 bridgehead atoms. The molecule has 2 aromatic heterocycles. The molecule has 0 radical (unpaired) electrons. The number of pyridine rings is 1. The quantitative estimate of drug-likeness (QED) is 0.207. The average molecular weight is 392 g/mol. The maximum Gasteiger partial charge on any atom is 0.137 e. The van der Waals surface area contributed by atoms with Crippen LogP contribution < -0.4 is 0 Å². The number of nitrogens with zero attached hydrogens (tertiary/aromatic N) is 2. The second kappa shape index (κ2) is 5.30. The van der Waals surface area contributed by atoms with Gasteiger partial charge in [0.25, 0.3) is 0 Å². The lowest BCUT2D eigenvalue weighted by molar-refractivity contribution is 1.08. The van der Waals surface area contributed by atoms with Crippen LogP contribution in [0.15, 0.2) is 97.2 Å². The van der Waals surface area contributed by atoms with Crippen LogP contribution in [0.2, 0.25) is 0 Å². The van der Waals surface area contributed by atoms with Gasteiger partial charge in [0.15, 0.2) is 0 Å². The van der Waals surface area contributed by atoms with Crippen molar-refractivity contribution in [1.29, 1.82) is 0 Å². The Kier molecular flexibility index (Phi) is 2.67. The SMILES string of the molecule is c1ccc(-n2c3cccc4c5cccc6c7ccccc7c7ccc2c(c7c65)c43)nc1. The van der Waals surface area contributed by atoms with E-state index >= 15 is 0 Å². The van der Waals surface area contributed by atoms with Gasteiger partial charge in [-0.15, -0.1) is 0 Å². The fourth-order valence-electron chi connectivity index (χ4n) is 5.81. The Morgan fingerprint density at radius 1 is 0.419 bits per heavy atom. The normalized spacial score (nSPS) is 12.5. The van der Waals surface area contributed by atoms with Crippen molar-refractivity contribution >= 4 is 64.9 Å². The van der Waals surface area contributed by atoms with Crippen LogP contribution in [0.25, 0.3) is 70.7 Å². The highest BCUT2D eigenvalue weighted by molar-refractivity contribution is 6.44. The molecule has 6 aromatic carbocycles. The Morgan fingerprint density at radius 2 is 1.03 bits per heavy atom. The largest absolute Gasteiger partial charge is 0.294 e. The number of hydrogen-bond acceptors (Lipinski definition) is 1. The molecule has 142 valence electrons. The zero-order chi connectivity index (χ0) is 20.1. The summed E-state index contributed by atoms with van der Waals surface area (Å²) in [5.74, 6) is 0.960. The molecule has 0 N–H and O–H groups in total. The third-order valence-corrected chi connectivity index (χ3v) is 6.95. The summed E-state index contributed by atoms with van der Waals surface area (Å²) in [7, 11) is 0. The molecule has 0 fully saturated rings. The highest BCUT2D eigenvalue weighted by Gasteiger charge is 2.23. The molecule has 0 aliphatic heterocycles. The van der Waals surface area contributed by atoms with Crippen LogP contribution in [0.4, 0.5) is 0 Å². The van der Waals surface area contributed by atoms with E-state index in [0.29, 0.717) is 0 Å². The van der Waals surface area contributed by atoms with Crippen molar-refractivity contribution < 1.29 is 0 Å². The lowest BCUT2D eigenvalue weighted by Crippen LogP contribution is -1.96. The lowest BCUT2D eigenvalue weighted by Gasteiger charge is -2.16. The minimum atomic E-state index is 0.960. The van der Waals surface area contributed by atoms with Crippen LogP contribution in [0.5, 0.6) is 0 Å². The molecule has 2 heterocycles. The van der Waals surface area contributed by atoms with Crippen molar-refractivity contribution in [3.05, 3.63) is 97.2 Å². The van der Waals surface area contributed by atoms with E-state index in [1.54, 1.807) is 0 Å². The predicted molar refractivity (Wildman–Crippen MR) is 131 cm³/mol. The summed E-state index contributed by atoms with van der Waals surface area (Å²) in [6, 6.07) is 33.0. The molecule has 0 aliphatic rings. The summed E-state index contributed by atoms with van der Waals surface area (Å²) in [5, 5.41) is 13.4. The first-order chi connectivity index (χ1) is 15.4. The van der Waals surface area contributed by atoms with E-state index < -0.39 is 0 Å². The summed E-state index contributed by atoms with van der Waals surface area (Å²) in [4.78, 5) is 4.70. The van der Waals surface area contributed by atoms with Crippen molar-refractivity contribution in [2.75, 3.05) is 0 Å². The molecule has 0 unspecified atom stereocenters. The van der Waals surface area contributed by atoms with Gasteiger partial charge in [-0.1, -0.05) is 66.7 Å². The third kappa shape index (κ3) is 1.74. The topological polar surface area (TPSA) is 17.8 Å². The summed E-state index contributed by atoms with van der Waals surface area (Å²) in [5.41, 5.74) is 2.44. The second-order valence-corrected chi connectivity index (χ2v) is 8.38. The Morgan fingerprint density at radius 3 is 1.81 bits per heavy atom. The number of fused-ring (bicyclic) bond motifs is 4. The van der Waals surface area contributed by atoms with E-state index in [9.17, 15) is 0 Å². The summed E-state index contributed by atoms with van der Waals surface area (Å²) >= 11 is 0. The number of rotatable bonds is 1. The van der Waals surface area contributed by atoms with Gasteiger partial charge in [0.1, 0.15) is 5.82 Å². The second-order valence-electron chi connectivity index (χ2n) is 8.38. The van der Waals surface area contributed by atoms with Crippen LogP contribution in [0, 0.1) is 0 Å². The lowest BCUT2D eigenvalue weighted by atomic mass is 9.86. The van der Waals surface area contributed by atoms with Crippen molar-refractivity contribution in [2.24, 2.45) is 0 Å². The molecule has 0 atom stereocenters. The zero-order valence-electron chi connectivity index (χ0n) is 16.6. The highest BCUT2D eigenvalue weighted by atomic mass is 15.1. The predicted octanol–water partition coefficient (Wildman–Crippen LogP) is 7.67. The number of hydrogen-bond donors (Lipinski definition) is 0. The molecular weight excluding hydrogens is 376 g/mol. The third-order valence-electron chi connectivity index (χ3n) is 6.95. The van der Waals surface area contributed by atoms with Gasteiger partial charge in [-0.2, -0.15) is 0 Å². The first-order valence-electron chi connectivity index (χ1n) is 10.7. The molecule has 0 aliphatic carbocycles. The Hall–Kier alpha value is -4.17. The molecular formula is C29H16N2. The summed E-state index contributed by atoms with van der Waals surface area (Å²) in [6.45, 7) is 0. The Labute approximate surface area is 177 Å². The van der Waals surface area contributed by atoms with E-state index in [4.69, 9.17) is 4.98 Å². The van der Waals surface area contributed by atoms with Gasteiger partial charge in [0.2, 0.25) is 0 Å². The molecule has 8 rings (SSSR count). The van der Waals surface area contributed by atoms with Gasteiger partial charge in [-0.25, -0.2) is 4.98 Å². The van der Waals surface area contributed by atoms with Gasteiger partial charge in [0, 0.05) is 22.4 Å². The maximum absolute atomic E-state index is 4.70. The first-order valence-corrected chi connectivity index (χ1v) is 10.7. The van der Waals surface area contributed by atoms with E-state index in [1.165, 1.54) is 64.9 Å². The number of aromatic nitrogens is 2. The van der Waals surface area contributed by atoms with Gasteiger partial charge in [0.05, 0.1) is 11.0 Å². The van der Waals surface area contributed by atoms with E-state index in [0.717, 1.165) is 5.82 Å². The fraction of sp³-hybridized carbons (Fsp3) is 0. The van der Waals surface area contributed by atoms with E-state index in [-0.39, 0.29) is 0 Å². The highest BCUT2D eigenvalue weighted by Crippen LogP contribution is 2.49. The van der Waals surface area contributed by atoms with Crippen LogP contribution in [0.1, 0.15) is 0 Å². The molecule has 0 saturated carbocycles. The standard InChI is InChI=1S/C29H16N2/c1-2-8-18-17(7-1)19-9-5-10-20-21-11-6-12-23-27(21)29-24(15-14-22(18)28(29)26(19)20)31(23)25-13-3-4-16-30-25/h1-16H. The first kappa shape index (κ1) is 15.6. The van der Waals surface area contributed by atoms with Gasteiger partial charge < -0.3 is 0 Å². The maximum atomic E-state index is 4.70. The molecule has 8 aromatic rings. The molecule has 2 heteroatoms. The van der Waals surface area contributed by atoms with Gasteiger partial charge >= 0.3 is 0 Å². The Bertz CT molecular complexity index is 1930. The van der Waals surface area contributed by atoms with E-state index in [2.05, 4.69) is 89.5 Å². The minimum Gasteiger partial charge on any atom is -0.294 e. The van der Waals surface area contributed by atoms with Crippen molar-refractivity contribution in [3.8, 4) is 5.82 Å². The Balaban J connectivity index is 1.80. The fourth-order valence-corrected chi connectivity index (χ4v) is 5.81. The molecule has 0 amide bonds. The molecule has 2 nitrogen and oxygen atoms in total. The molecule has 31 heavy (non-hydrogen) atoms. The zero-order valence-corrected chi connectivity index (χ0v) is 16.6. The van der Waals surface area contributed by atoms with Crippen LogP contribution in [0.3, 0.4) is 0 Å². The smallest absolute Gasteiger partial charge is 0.137 e. The van der Waals surface area contributed by atoms with Crippen molar-refractivity contribution in [3.63, 3.8) is 0 Å². The monoisotopic (exact) mass is 392 g/mol. The van der Waals surface area contributed by atoms with Crippen molar-refractivity contribution in [2.45, 2.75) is 0 Å². The minimum absolute atomic E-state index is 0.960. The van der Waals surface area contributed by atoms with E-state index in [1.807, 2.05) is 12.3 Å². The summed E-state index contributed by atoms with van der Waals surface area (Å²) in [6.07, 6.45) is 1.87. The summed E-state index contributed by atoms with van der Waals surface area (Å²) < 4.78 is 2.32. The van der Waals surface area contributed by atoms with Crippen molar-refractivity contribution in [1.82, 2.24) is 9.55 Å². The average Bonchev–Trinajstić information content (AvgIpc) is 3.19. The molecule has 0 spiro atoms. The van der Waals surface area contributed by atoms with Gasteiger partial charge in [-0.05, 0) is 62.0 Å². The van der Waals surface area contributed by atoms with Gasteiger partial charge in [-0.3, -0.25) is 4.57 Å². The van der Waals surface area contributed by atoms with Crippen LogP contribution >= 0.6 is 0 Å². The van der Waals surface area contributed by atoms with Crippen LogP contribution in [-0.4, -0.2) is 9.55 Å². The molecule has 0 saturated heterocycles. The van der Waals surface area contributed by atoms with Crippen LogP contribution in [-0.2, 0) is 0 Å².